The highest BCUT2D eigenvalue weighted by molar-refractivity contribution is 7.47. The molecule has 2 atom stereocenters. The first kappa shape index (κ1) is 63.9. The molecule has 0 aromatic heterocycles. The average Bonchev–Trinajstić information content (AvgIpc) is 3.29. The molecule has 0 saturated carbocycles. The molecule has 382 valence electrons. The number of nitrogens with zero attached hydrogens (tertiary/aromatic N) is 1. The molecule has 0 amide bonds. The molecule has 0 bridgehead atoms. The number of carbonyl (C=O) groups is 1. The second-order valence-electron chi connectivity index (χ2n) is 18.2. The van der Waals surface area contributed by atoms with E-state index in [1.807, 2.05) is 21.1 Å². The summed E-state index contributed by atoms with van der Waals surface area (Å²) in [4.78, 5) is 23.0. The number of quaternary nitrogens is 1. The van der Waals surface area contributed by atoms with Crippen molar-refractivity contribution in [3.05, 3.63) is 122 Å². The summed E-state index contributed by atoms with van der Waals surface area (Å²) in [6.07, 6.45) is 71.1. The van der Waals surface area contributed by atoms with Crippen LogP contribution < -0.4 is 0 Å². The number of allylic oxidation sites excluding steroid dienone is 20. The molecular formula is C58H99NO7P+. The number of rotatable bonds is 47. The Balaban J connectivity index is 4.31. The second-order valence-corrected chi connectivity index (χ2v) is 19.6. The van der Waals surface area contributed by atoms with E-state index in [0.29, 0.717) is 24.1 Å². The Labute approximate surface area is 412 Å². The number of hydrogen-bond donors (Lipinski definition) is 1. The Kier molecular flexibility index (Phi) is 47.0. The summed E-state index contributed by atoms with van der Waals surface area (Å²) >= 11 is 0. The van der Waals surface area contributed by atoms with Gasteiger partial charge in [0.25, 0.3) is 0 Å². The van der Waals surface area contributed by atoms with Crippen LogP contribution in [0.5, 0.6) is 0 Å². The van der Waals surface area contributed by atoms with Gasteiger partial charge in [-0.15, -0.1) is 0 Å². The lowest BCUT2D eigenvalue weighted by Gasteiger charge is -2.24. The molecule has 0 rings (SSSR count). The molecule has 0 heterocycles. The van der Waals surface area contributed by atoms with Crippen molar-refractivity contribution in [2.75, 3.05) is 54.1 Å². The third-order valence-corrected chi connectivity index (χ3v) is 11.5. The number of hydrogen-bond acceptors (Lipinski definition) is 6. The van der Waals surface area contributed by atoms with Gasteiger partial charge in [0.2, 0.25) is 0 Å². The molecule has 0 radical (unpaired) electrons. The van der Waals surface area contributed by atoms with Gasteiger partial charge in [0.15, 0.2) is 0 Å². The summed E-state index contributed by atoms with van der Waals surface area (Å²) in [6, 6.07) is 0. The Morgan fingerprint density at radius 1 is 0.478 bits per heavy atom. The Hall–Kier alpha value is -3.10. The Morgan fingerprint density at radius 2 is 0.866 bits per heavy atom. The number of ether oxygens (including phenoxy) is 2. The van der Waals surface area contributed by atoms with Crippen molar-refractivity contribution in [1.29, 1.82) is 0 Å². The Morgan fingerprint density at radius 3 is 1.30 bits per heavy atom. The quantitative estimate of drug-likeness (QED) is 0.0214. The first-order chi connectivity index (χ1) is 32.6. The molecule has 0 aromatic carbocycles. The van der Waals surface area contributed by atoms with Crippen LogP contribution in [-0.2, 0) is 27.9 Å². The van der Waals surface area contributed by atoms with Crippen LogP contribution in [0.1, 0.15) is 181 Å². The van der Waals surface area contributed by atoms with Crippen molar-refractivity contribution in [3.8, 4) is 0 Å². The first-order valence-electron chi connectivity index (χ1n) is 26.3. The van der Waals surface area contributed by atoms with E-state index in [2.05, 4.69) is 135 Å². The van der Waals surface area contributed by atoms with Gasteiger partial charge >= 0.3 is 13.8 Å². The highest BCUT2D eigenvalue weighted by Gasteiger charge is 2.26. The zero-order chi connectivity index (χ0) is 49.0. The molecule has 0 spiro atoms. The third kappa shape index (κ3) is 53.7. The summed E-state index contributed by atoms with van der Waals surface area (Å²) in [7, 11) is 1.61. The summed E-state index contributed by atoms with van der Waals surface area (Å²) < 4.78 is 35.1. The normalized spacial score (nSPS) is 14.5. The number of carbonyl (C=O) groups excluding carboxylic acids is 1. The van der Waals surface area contributed by atoms with Crippen molar-refractivity contribution in [2.45, 2.75) is 187 Å². The van der Waals surface area contributed by atoms with Gasteiger partial charge in [-0.1, -0.05) is 187 Å². The van der Waals surface area contributed by atoms with Gasteiger partial charge in [-0.2, -0.15) is 0 Å². The standard InChI is InChI=1S/C58H98NO7P/c1-6-8-10-12-14-16-18-20-22-24-26-28-29-30-32-34-36-38-40-42-44-46-48-50-53-63-55-57(56-65-67(61,62)64-54-52-59(3,4)5)66-58(60)51-49-47-45-43-41-39-37-35-33-31-27-25-23-21-19-17-15-13-11-9-7-2/h8,10,14,16,19-22,25-28,30,32-33,35-36,38,42,44,57H,6-7,9,11-13,15,17-18,23-24,29,31,34,37,39-41,43,45-56H2,1-5H3/p+1/b10-8-,16-14-,21-19-,22-20-,27-25-,28-26-,32-30-,35-33-,38-36-,44-42-. The summed E-state index contributed by atoms with van der Waals surface area (Å²) in [5.74, 6) is -0.346. The molecule has 67 heavy (non-hydrogen) atoms. The van der Waals surface area contributed by atoms with Gasteiger partial charge in [0.1, 0.15) is 19.3 Å². The lowest BCUT2D eigenvalue weighted by molar-refractivity contribution is -0.870. The fourth-order valence-corrected chi connectivity index (χ4v) is 7.22. The molecule has 0 aromatic rings. The van der Waals surface area contributed by atoms with E-state index in [0.717, 1.165) is 109 Å². The minimum Gasteiger partial charge on any atom is -0.457 e. The molecule has 0 aliphatic carbocycles. The van der Waals surface area contributed by atoms with Gasteiger partial charge < -0.3 is 18.9 Å². The van der Waals surface area contributed by atoms with Gasteiger partial charge in [-0.3, -0.25) is 13.8 Å². The van der Waals surface area contributed by atoms with E-state index in [4.69, 9.17) is 18.5 Å². The maximum Gasteiger partial charge on any atom is 0.472 e. The van der Waals surface area contributed by atoms with Crippen LogP contribution in [0.25, 0.3) is 0 Å². The second kappa shape index (κ2) is 49.3. The van der Waals surface area contributed by atoms with Gasteiger partial charge in [-0.05, 0) is 109 Å². The fourth-order valence-electron chi connectivity index (χ4n) is 6.48. The predicted octanol–water partition coefficient (Wildman–Crippen LogP) is 16.5. The molecule has 0 saturated heterocycles. The van der Waals surface area contributed by atoms with E-state index >= 15 is 0 Å². The molecule has 9 heteroatoms. The molecule has 8 nitrogen and oxygen atoms in total. The highest BCUT2D eigenvalue weighted by atomic mass is 31.2. The van der Waals surface area contributed by atoms with Crippen molar-refractivity contribution in [3.63, 3.8) is 0 Å². The molecule has 1 N–H and O–H groups in total. The van der Waals surface area contributed by atoms with E-state index < -0.39 is 13.9 Å². The highest BCUT2D eigenvalue weighted by Crippen LogP contribution is 2.43. The minimum absolute atomic E-state index is 0.0695. The van der Waals surface area contributed by atoms with Crippen LogP contribution >= 0.6 is 7.82 Å². The predicted molar refractivity (Wildman–Crippen MR) is 288 cm³/mol. The summed E-state index contributed by atoms with van der Waals surface area (Å²) in [6.45, 7) is 5.33. The smallest absolute Gasteiger partial charge is 0.457 e. The number of esters is 1. The van der Waals surface area contributed by atoms with E-state index in [9.17, 15) is 14.3 Å². The van der Waals surface area contributed by atoms with Gasteiger partial charge in [-0.25, -0.2) is 4.57 Å². The van der Waals surface area contributed by atoms with Crippen molar-refractivity contribution in [2.24, 2.45) is 0 Å². The zero-order valence-electron chi connectivity index (χ0n) is 43.3. The van der Waals surface area contributed by atoms with E-state index in [1.54, 1.807) is 0 Å². The van der Waals surface area contributed by atoms with Gasteiger partial charge in [0, 0.05) is 13.0 Å². The number of likely N-dealkylation sites (N-methyl/N-ethyl adjacent to an activating group) is 1. The van der Waals surface area contributed by atoms with Crippen LogP contribution in [0.4, 0.5) is 0 Å². The summed E-state index contributed by atoms with van der Waals surface area (Å²) in [5.41, 5.74) is 0. The maximum atomic E-state index is 12.8. The van der Waals surface area contributed by atoms with Crippen molar-refractivity contribution >= 4 is 13.8 Å². The molecule has 0 aliphatic rings. The van der Waals surface area contributed by atoms with Crippen LogP contribution in [-0.4, -0.2) is 75.6 Å². The molecule has 0 aliphatic heterocycles. The summed E-state index contributed by atoms with van der Waals surface area (Å²) in [5, 5.41) is 0. The zero-order valence-corrected chi connectivity index (χ0v) is 44.2. The molecule has 2 unspecified atom stereocenters. The SMILES string of the molecule is CC/C=C\C/C=C\C/C=C\C/C=C\C/C=C\C/C=C\C/C=C\CCCCOCC(COP(=O)(O)OCC[N+](C)(C)C)OC(=O)CCCCCCCC/C=C\C/C=C\C/C=C\CCCCCCC. The van der Waals surface area contributed by atoms with Crippen LogP contribution in [0.3, 0.4) is 0 Å². The van der Waals surface area contributed by atoms with Crippen LogP contribution in [0.15, 0.2) is 122 Å². The lowest BCUT2D eigenvalue weighted by atomic mass is 10.1. The van der Waals surface area contributed by atoms with E-state index in [-0.39, 0.29) is 25.8 Å². The lowest BCUT2D eigenvalue weighted by Crippen LogP contribution is -2.37. The monoisotopic (exact) mass is 953 g/mol. The van der Waals surface area contributed by atoms with Crippen LogP contribution in [0.2, 0.25) is 0 Å². The van der Waals surface area contributed by atoms with E-state index in [1.165, 1.54) is 51.4 Å². The Bertz CT molecular complexity index is 1480. The topological polar surface area (TPSA) is 91.3 Å². The number of unbranched alkanes of at least 4 members (excludes halogenated alkanes) is 13. The molecule has 0 fully saturated rings. The van der Waals surface area contributed by atoms with Crippen LogP contribution in [0, 0.1) is 0 Å². The van der Waals surface area contributed by atoms with Crippen molar-refractivity contribution in [1.82, 2.24) is 0 Å². The fraction of sp³-hybridized carbons (Fsp3) is 0.638. The number of phosphoric ester groups is 1. The van der Waals surface area contributed by atoms with Gasteiger partial charge in [0.05, 0.1) is 34.4 Å². The number of phosphoric acid groups is 1. The molecular weight excluding hydrogens is 854 g/mol. The minimum atomic E-state index is -4.31. The average molecular weight is 953 g/mol. The maximum absolute atomic E-state index is 12.8. The first-order valence-corrected chi connectivity index (χ1v) is 27.8. The largest absolute Gasteiger partial charge is 0.472 e. The third-order valence-electron chi connectivity index (χ3n) is 10.5. The van der Waals surface area contributed by atoms with Crippen molar-refractivity contribution < 1.29 is 37.3 Å².